The lowest BCUT2D eigenvalue weighted by Gasteiger charge is -2.32. The number of pyridine rings is 1. The van der Waals surface area contributed by atoms with Crippen molar-refractivity contribution in [3.63, 3.8) is 0 Å². The largest absolute Gasteiger partial charge is 0.478 e. The lowest BCUT2D eigenvalue weighted by molar-refractivity contribution is -0.134. The molecule has 1 aliphatic heterocycles. The number of hydrogen-bond donors (Lipinski definition) is 1. The van der Waals surface area contributed by atoms with E-state index in [4.69, 9.17) is 4.74 Å². The molecular weight excluding hydrogens is 246 g/mol. The Morgan fingerprint density at radius 3 is 2.68 bits per heavy atom. The van der Waals surface area contributed by atoms with Gasteiger partial charge in [-0.25, -0.2) is 0 Å². The maximum absolute atomic E-state index is 11.9. The predicted molar refractivity (Wildman–Crippen MR) is 71.4 cm³/mol. The highest BCUT2D eigenvalue weighted by atomic mass is 16.5. The quantitative estimate of drug-likeness (QED) is 0.824. The molecule has 0 saturated carbocycles. The third-order valence-electron chi connectivity index (χ3n) is 3.23. The summed E-state index contributed by atoms with van der Waals surface area (Å²) in [5.74, 6) is 0.112. The van der Waals surface area contributed by atoms with E-state index >= 15 is 0 Å². The molecule has 1 aromatic heterocycles. The van der Waals surface area contributed by atoms with Gasteiger partial charge in [0, 0.05) is 44.1 Å². The average molecular weight is 265 g/mol. The average Bonchev–Trinajstić information content (AvgIpc) is 2.38. The van der Waals surface area contributed by atoms with Crippen LogP contribution in [0.3, 0.4) is 0 Å². The van der Waals surface area contributed by atoms with Crippen molar-refractivity contribution in [3.05, 3.63) is 28.2 Å². The molecular formula is C13H19N3O3. The number of aryl methyl sites for hydroxylation is 1. The molecule has 19 heavy (non-hydrogen) atoms. The Bertz CT molecular complexity index is 504. The van der Waals surface area contributed by atoms with Crippen LogP contribution in [0.1, 0.15) is 5.69 Å². The van der Waals surface area contributed by atoms with Crippen LogP contribution in [-0.4, -0.2) is 60.5 Å². The summed E-state index contributed by atoms with van der Waals surface area (Å²) < 4.78 is 5.29. The molecule has 0 radical (unpaired) electrons. The molecule has 0 aromatic carbocycles. The number of rotatable bonds is 3. The molecule has 1 amide bonds. The number of aromatic nitrogens is 1. The van der Waals surface area contributed by atoms with Gasteiger partial charge in [0.1, 0.15) is 0 Å². The van der Waals surface area contributed by atoms with E-state index in [1.807, 2.05) is 7.05 Å². The van der Waals surface area contributed by atoms with Crippen LogP contribution in [-0.2, 0) is 4.79 Å². The summed E-state index contributed by atoms with van der Waals surface area (Å²) in [4.78, 5) is 30.4. The minimum Gasteiger partial charge on any atom is -0.478 e. The zero-order chi connectivity index (χ0) is 13.8. The van der Waals surface area contributed by atoms with Crippen LogP contribution in [0.5, 0.6) is 5.75 Å². The lowest BCUT2D eigenvalue weighted by Crippen LogP contribution is -2.48. The number of amides is 1. The van der Waals surface area contributed by atoms with E-state index < -0.39 is 0 Å². The summed E-state index contributed by atoms with van der Waals surface area (Å²) >= 11 is 0. The number of nitrogens with zero attached hydrogens (tertiary/aromatic N) is 2. The SMILES string of the molecule is Cc1cc(=O)c(OCC(=O)N2CCN(C)CC2)c[nH]1. The maximum atomic E-state index is 11.9. The summed E-state index contributed by atoms with van der Waals surface area (Å²) in [5, 5.41) is 0. The van der Waals surface area contributed by atoms with Crippen molar-refractivity contribution in [3.8, 4) is 5.75 Å². The second-order valence-electron chi connectivity index (χ2n) is 4.82. The van der Waals surface area contributed by atoms with E-state index in [-0.39, 0.29) is 23.7 Å². The molecule has 0 spiro atoms. The second kappa shape index (κ2) is 5.88. The summed E-state index contributed by atoms with van der Waals surface area (Å²) in [6.45, 7) is 4.87. The summed E-state index contributed by atoms with van der Waals surface area (Å²) in [7, 11) is 2.03. The van der Waals surface area contributed by atoms with Crippen molar-refractivity contribution >= 4 is 5.91 Å². The summed E-state index contributed by atoms with van der Waals surface area (Å²) in [6, 6.07) is 1.45. The highest BCUT2D eigenvalue weighted by Crippen LogP contribution is 2.04. The Morgan fingerprint density at radius 1 is 1.37 bits per heavy atom. The first-order chi connectivity index (χ1) is 9.06. The first-order valence-corrected chi connectivity index (χ1v) is 6.35. The molecule has 1 fully saturated rings. The number of ether oxygens (including phenoxy) is 1. The van der Waals surface area contributed by atoms with E-state index in [1.165, 1.54) is 12.3 Å². The Balaban J connectivity index is 1.88. The molecule has 0 unspecified atom stereocenters. The fourth-order valence-corrected chi connectivity index (χ4v) is 1.96. The second-order valence-corrected chi connectivity index (χ2v) is 4.82. The number of hydrogen-bond acceptors (Lipinski definition) is 4. The summed E-state index contributed by atoms with van der Waals surface area (Å²) in [6.07, 6.45) is 1.49. The minimum atomic E-state index is -0.206. The van der Waals surface area contributed by atoms with Gasteiger partial charge in [-0.15, -0.1) is 0 Å². The number of H-pyrrole nitrogens is 1. The standard InChI is InChI=1S/C13H19N3O3/c1-10-7-11(17)12(8-14-10)19-9-13(18)16-5-3-15(2)4-6-16/h7-8H,3-6,9H2,1-2H3,(H,14,17). The van der Waals surface area contributed by atoms with Crippen LogP contribution in [0.4, 0.5) is 0 Å². The van der Waals surface area contributed by atoms with E-state index in [9.17, 15) is 9.59 Å². The molecule has 1 aliphatic rings. The molecule has 2 heterocycles. The van der Waals surface area contributed by atoms with Gasteiger partial charge in [0.05, 0.1) is 0 Å². The topological polar surface area (TPSA) is 65.6 Å². The van der Waals surface area contributed by atoms with E-state index in [2.05, 4.69) is 9.88 Å². The van der Waals surface area contributed by atoms with Crippen LogP contribution in [0.25, 0.3) is 0 Å². The first-order valence-electron chi connectivity index (χ1n) is 6.35. The molecule has 1 N–H and O–H groups in total. The normalized spacial score (nSPS) is 16.4. The number of piperazine rings is 1. The van der Waals surface area contributed by atoms with E-state index in [0.717, 1.165) is 18.8 Å². The van der Waals surface area contributed by atoms with Crippen LogP contribution in [0.15, 0.2) is 17.1 Å². The van der Waals surface area contributed by atoms with Crippen molar-refractivity contribution in [2.45, 2.75) is 6.92 Å². The van der Waals surface area contributed by atoms with Crippen molar-refractivity contribution in [1.29, 1.82) is 0 Å². The minimum absolute atomic E-state index is 0.0759. The number of carbonyl (C=O) groups excluding carboxylic acids is 1. The molecule has 6 heteroatoms. The highest BCUT2D eigenvalue weighted by molar-refractivity contribution is 5.77. The fraction of sp³-hybridized carbons (Fsp3) is 0.538. The van der Waals surface area contributed by atoms with Crippen LogP contribution < -0.4 is 10.2 Å². The van der Waals surface area contributed by atoms with Gasteiger partial charge < -0.3 is 19.5 Å². The zero-order valence-electron chi connectivity index (χ0n) is 11.3. The number of likely N-dealkylation sites (N-methyl/N-ethyl adjacent to an activating group) is 1. The van der Waals surface area contributed by atoms with Gasteiger partial charge in [-0.2, -0.15) is 0 Å². The van der Waals surface area contributed by atoms with Crippen molar-refractivity contribution < 1.29 is 9.53 Å². The molecule has 2 rings (SSSR count). The number of carbonyl (C=O) groups is 1. The predicted octanol–water partition coefficient (Wildman–Crippen LogP) is -0.164. The smallest absolute Gasteiger partial charge is 0.260 e. The van der Waals surface area contributed by atoms with Crippen LogP contribution in [0, 0.1) is 6.92 Å². The molecule has 1 saturated heterocycles. The van der Waals surface area contributed by atoms with Gasteiger partial charge in [0.15, 0.2) is 12.4 Å². The fourth-order valence-electron chi connectivity index (χ4n) is 1.96. The van der Waals surface area contributed by atoms with Crippen molar-refractivity contribution in [2.75, 3.05) is 39.8 Å². The van der Waals surface area contributed by atoms with Gasteiger partial charge in [0.25, 0.3) is 5.91 Å². The lowest BCUT2D eigenvalue weighted by atomic mass is 10.3. The zero-order valence-corrected chi connectivity index (χ0v) is 11.3. The monoisotopic (exact) mass is 265 g/mol. The molecule has 6 nitrogen and oxygen atoms in total. The third kappa shape index (κ3) is 3.57. The van der Waals surface area contributed by atoms with Gasteiger partial charge >= 0.3 is 0 Å². The molecule has 0 atom stereocenters. The summed E-state index contributed by atoms with van der Waals surface area (Å²) in [5.41, 5.74) is 0.560. The van der Waals surface area contributed by atoms with Gasteiger partial charge in [0.2, 0.25) is 5.43 Å². The van der Waals surface area contributed by atoms with Crippen LogP contribution >= 0.6 is 0 Å². The van der Waals surface area contributed by atoms with Crippen LogP contribution in [0.2, 0.25) is 0 Å². The van der Waals surface area contributed by atoms with Crippen molar-refractivity contribution in [2.24, 2.45) is 0 Å². The van der Waals surface area contributed by atoms with Crippen molar-refractivity contribution in [1.82, 2.24) is 14.8 Å². The number of nitrogens with one attached hydrogen (secondary N) is 1. The maximum Gasteiger partial charge on any atom is 0.260 e. The Labute approximate surface area is 112 Å². The van der Waals surface area contributed by atoms with Gasteiger partial charge in [-0.1, -0.05) is 0 Å². The number of aromatic amines is 1. The highest BCUT2D eigenvalue weighted by Gasteiger charge is 2.19. The molecule has 1 aromatic rings. The Kier molecular flexibility index (Phi) is 4.21. The Morgan fingerprint density at radius 2 is 2.05 bits per heavy atom. The third-order valence-corrected chi connectivity index (χ3v) is 3.23. The molecule has 0 bridgehead atoms. The van der Waals surface area contributed by atoms with Gasteiger partial charge in [-0.05, 0) is 14.0 Å². The van der Waals surface area contributed by atoms with E-state index in [1.54, 1.807) is 11.8 Å². The first kappa shape index (κ1) is 13.6. The molecule has 0 aliphatic carbocycles. The Hall–Kier alpha value is -1.82. The van der Waals surface area contributed by atoms with Gasteiger partial charge in [-0.3, -0.25) is 9.59 Å². The van der Waals surface area contributed by atoms with E-state index in [0.29, 0.717) is 13.1 Å². The molecule has 104 valence electrons.